The first kappa shape index (κ1) is 13.0. The number of rotatable bonds is 1. The number of halogens is 5. The number of nitrogens with zero attached hydrogens (tertiary/aromatic N) is 1. The summed E-state index contributed by atoms with van der Waals surface area (Å²) in [5.74, 6) is -0.452. The topological polar surface area (TPSA) is 52.0 Å². The van der Waals surface area contributed by atoms with E-state index in [1.165, 1.54) is 18.2 Å². The quantitative estimate of drug-likeness (QED) is 0.856. The number of alkyl halides is 3. The highest BCUT2D eigenvalue weighted by Gasteiger charge is 2.40. The van der Waals surface area contributed by atoms with Crippen molar-refractivity contribution < 1.29 is 17.7 Å². The van der Waals surface area contributed by atoms with Gasteiger partial charge in [0.15, 0.2) is 5.69 Å². The zero-order valence-corrected chi connectivity index (χ0v) is 10.1. The maximum Gasteiger partial charge on any atom is 0.437 e. The van der Waals surface area contributed by atoms with Gasteiger partial charge in [-0.05, 0) is 12.1 Å². The Hall–Kier alpha value is -1.40. The van der Waals surface area contributed by atoms with Gasteiger partial charge in [0.25, 0.3) is 0 Å². The molecule has 2 aromatic rings. The molecular formula is C10H5Cl2F3N2O. The molecule has 0 atom stereocenters. The standard InChI is InChI=1S/C10H5Cl2F3N2O/c11-4-1-2-5(6(12)3-4)7-8(10(13,14)15)17-18-9(7)16/h1-3H,16H2. The van der Waals surface area contributed by atoms with Crippen molar-refractivity contribution in [3.8, 4) is 11.1 Å². The van der Waals surface area contributed by atoms with E-state index in [1.807, 2.05) is 0 Å². The van der Waals surface area contributed by atoms with E-state index in [0.29, 0.717) is 5.02 Å². The number of nitrogens with two attached hydrogens (primary N) is 1. The molecule has 3 nitrogen and oxygen atoms in total. The van der Waals surface area contributed by atoms with Gasteiger partial charge in [-0.1, -0.05) is 34.4 Å². The molecule has 0 bridgehead atoms. The Labute approximate surface area is 109 Å². The van der Waals surface area contributed by atoms with E-state index in [-0.39, 0.29) is 16.1 Å². The van der Waals surface area contributed by atoms with Gasteiger partial charge in [0.05, 0.1) is 10.6 Å². The predicted octanol–water partition coefficient (Wildman–Crippen LogP) is 4.25. The number of nitrogen functional groups attached to an aromatic ring is 1. The summed E-state index contributed by atoms with van der Waals surface area (Å²) in [6, 6.07) is 4.03. The SMILES string of the molecule is Nc1onc(C(F)(F)F)c1-c1ccc(Cl)cc1Cl. The molecule has 0 aliphatic heterocycles. The second-order valence-electron chi connectivity index (χ2n) is 3.39. The van der Waals surface area contributed by atoms with Crippen molar-refractivity contribution in [3.05, 3.63) is 33.9 Å². The van der Waals surface area contributed by atoms with Gasteiger partial charge >= 0.3 is 6.18 Å². The summed E-state index contributed by atoms with van der Waals surface area (Å²) in [4.78, 5) is 0. The fraction of sp³-hybridized carbons (Fsp3) is 0.100. The molecule has 2 rings (SSSR count). The van der Waals surface area contributed by atoms with Crippen molar-refractivity contribution in [2.75, 3.05) is 5.73 Å². The highest BCUT2D eigenvalue weighted by atomic mass is 35.5. The summed E-state index contributed by atoms with van der Waals surface area (Å²) in [7, 11) is 0. The van der Waals surface area contributed by atoms with E-state index in [2.05, 4.69) is 9.68 Å². The second-order valence-corrected chi connectivity index (χ2v) is 4.24. The maximum atomic E-state index is 12.7. The van der Waals surface area contributed by atoms with Crippen LogP contribution in [-0.2, 0) is 6.18 Å². The van der Waals surface area contributed by atoms with Crippen LogP contribution in [0, 0.1) is 0 Å². The van der Waals surface area contributed by atoms with Crippen LogP contribution in [0.1, 0.15) is 5.69 Å². The molecule has 0 unspecified atom stereocenters. The number of aromatic nitrogens is 1. The minimum atomic E-state index is -4.68. The van der Waals surface area contributed by atoms with Crippen molar-refractivity contribution in [2.45, 2.75) is 6.18 Å². The summed E-state index contributed by atoms with van der Waals surface area (Å²) >= 11 is 11.5. The Bertz CT molecular complexity index is 595. The van der Waals surface area contributed by atoms with E-state index in [0.717, 1.165) is 0 Å². The zero-order valence-electron chi connectivity index (χ0n) is 8.55. The summed E-state index contributed by atoms with van der Waals surface area (Å²) in [5.41, 5.74) is 3.82. The van der Waals surface area contributed by atoms with Crippen LogP contribution < -0.4 is 5.73 Å². The molecule has 96 valence electrons. The Kier molecular flexibility index (Phi) is 3.16. The average molecular weight is 297 g/mol. The fourth-order valence-electron chi connectivity index (χ4n) is 1.45. The lowest BCUT2D eigenvalue weighted by Crippen LogP contribution is -2.07. The van der Waals surface area contributed by atoms with E-state index in [9.17, 15) is 13.2 Å². The number of anilines is 1. The number of hydrogen-bond acceptors (Lipinski definition) is 3. The van der Waals surface area contributed by atoms with Gasteiger partial charge in [0, 0.05) is 10.6 Å². The molecule has 0 fully saturated rings. The highest BCUT2D eigenvalue weighted by molar-refractivity contribution is 6.36. The van der Waals surface area contributed by atoms with Crippen LogP contribution >= 0.6 is 23.2 Å². The monoisotopic (exact) mass is 296 g/mol. The van der Waals surface area contributed by atoms with Gasteiger partial charge in [-0.15, -0.1) is 0 Å². The molecular weight excluding hydrogens is 292 g/mol. The van der Waals surface area contributed by atoms with Gasteiger partial charge in [0.2, 0.25) is 5.88 Å². The molecule has 0 saturated carbocycles. The minimum absolute atomic E-state index is 0.0305. The smallest absolute Gasteiger partial charge is 0.367 e. The first-order chi connectivity index (χ1) is 8.30. The van der Waals surface area contributed by atoms with Crippen molar-refractivity contribution >= 4 is 29.1 Å². The normalized spacial score (nSPS) is 11.8. The van der Waals surface area contributed by atoms with E-state index < -0.39 is 17.8 Å². The Morgan fingerprint density at radius 3 is 2.44 bits per heavy atom. The molecule has 2 N–H and O–H groups in total. The molecule has 1 heterocycles. The first-order valence-electron chi connectivity index (χ1n) is 4.58. The lowest BCUT2D eigenvalue weighted by Gasteiger charge is -2.07. The molecule has 0 amide bonds. The molecule has 8 heteroatoms. The molecule has 0 spiro atoms. The number of benzene rings is 1. The summed E-state index contributed by atoms with van der Waals surface area (Å²) in [5, 5.41) is 3.24. The van der Waals surface area contributed by atoms with Crippen LogP contribution in [0.15, 0.2) is 22.7 Å². The van der Waals surface area contributed by atoms with E-state index in [1.54, 1.807) is 0 Å². The van der Waals surface area contributed by atoms with Crippen molar-refractivity contribution in [3.63, 3.8) is 0 Å². The van der Waals surface area contributed by atoms with Crippen LogP contribution in [0.2, 0.25) is 10.0 Å². The van der Waals surface area contributed by atoms with Crippen LogP contribution in [-0.4, -0.2) is 5.16 Å². The molecule has 18 heavy (non-hydrogen) atoms. The molecule has 0 aliphatic carbocycles. The largest absolute Gasteiger partial charge is 0.437 e. The third-order valence-electron chi connectivity index (χ3n) is 2.19. The minimum Gasteiger partial charge on any atom is -0.367 e. The van der Waals surface area contributed by atoms with Crippen molar-refractivity contribution in [2.24, 2.45) is 0 Å². The first-order valence-corrected chi connectivity index (χ1v) is 5.34. The molecule has 1 aromatic carbocycles. The molecule has 1 aromatic heterocycles. The summed E-state index contributed by atoms with van der Waals surface area (Å²) in [6.45, 7) is 0. The fourth-order valence-corrected chi connectivity index (χ4v) is 1.95. The van der Waals surface area contributed by atoms with Crippen LogP contribution in [0.3, 0.4) is 0 Å². The molecule has 0 aliphatic rings. The third kappa shape index (κ3) is 2.26. The van der Waals surface area contributed by atoms with Gasteiger partial charge in [-0.25, -0.2) is 0 Å². The lowest BCUT2D eigenvalue weighted by atomic mass is 10.1. The third-order valence-corrected chi connectivity index (χ3v) is 2.74. The zero-order chi connectivity index (χ0) is 13.5. The average Bonchev–Trinajstić information content (AvgIpc) is 2.60. The molecule has 0 radical (unpaired) electrons. The van der Waals surface area contributed by atoms with Gasteiger partial charge in [-0.3, -0.25) is 0 Å². The summed E-state index contributed by atoms with van der Waals surface area (Å²) < 4.78 is 42.5. The van der Waals surface area contributed by atoms with Gasteiger partial charge < -0.3 is 10.3 Å². The Balaban J connectivity index is 2.67. The predicted molar refractivity (Wildman–Crippen MR) is 61.4 cm³/mol. The highest BCUT2D eigenvalue weighted by Crippen LogP contribution is 2.42. The van der Waals surface area contributed by atoms with E-state index >= 15 is 0 Å². The molecule has 0 saturated heterocycles. The van der Waals surface area contributed by atoms with Crippen LogP contribution in [0.5, 0.6) is 0 Å². The summed E-state index contributed by atoms with van der Waals surface area (Å²) in [6.07, 6.45) is -4.68. The van der Waals surface area contributed by atoms with Gasteiger partial charge in [0.1, 0.15) is 0 Å². The second kappa shape index (κ2) is 4.37. The van der Waals surface area contributed by atoms with Crippen molar-refractivity contribution in [1.82, 2.24) is 5.16 Å². The van der Waals surface area contributed by atoms with E-state index in [4.69, 9.17) is 28.9 Å². The van der Waals surface area contributed by atoms with Crippen LogP contribution in [0.4, 0.5) is 19.1 Å². The van der Waals surface area contributed by atoms with Crippen LogP contribution in [0.25, 0.3) is 11.1 Å². The van der Waals surface area contributed by atoms with Crippen molar-refractivity contribution in [1.29, 1.82) is 0 Å². The van der Waals surface area contributed by atoms with Gasteiger partial charge in [-0.2, -0.15) is 13.2 Å². The Morgan fingerprint density at radius 2 is 1.89 bits per heavy atom. The lowest BCUT2D eigenvalue weighted by molar-refractivity contribution is -0.142. The number of hydrogen-bond donors (Lipinski definition) is 1. The maximum absolute atomic E-state index is 12.7. The Morgan fingerprint density at radius 1 is 1.22 bits per heavy atom.